The topological polar surface area (TPSA) is 66.7 Å². The Bertz CT molecular complexity index is 850. The summed E-state index contributed by atoms with van der Waals surface area (Å²) in [5.41, 5.74) is 3.64. The molecule has 2 N–H and O–H groups in total. The van der Waals surface area contributed by atoms with E-state index in [9.17, 15) is 9.90 Å². The number of hydrogen-bond acceptors (Lipinski definition) is 4. The summed E-state index contributed by atoms with van der Waals surface area (Å²) >= 11 is 0. The minimum Gasteiger partial charge on any atom is -0.497 e. The van der Waals surface area contributed by atoms with Gasteiger partial charge in [-0.3, -0.25) is 4.79 Å². The number of nitrogens with zero attached hydrogens (tertiary/aromatic N) is 2. The van der Waals surface area contributed by atoms with E-state index in [2.05, 4.69) is 29.1 Å². The first-order valence-electron chi connectivity index (χ1n) is 9.27. The van der Waals surface area contributed by atoms with E-state index in [0.29, 0.717) is 0 Å². The molecule has 2 aromatic rings. The summed E-state index contributed by atoms with van der Waals surface area (Å²) in [4.78, 5) is 13.7. The van der Waals surface area contributed by atoms with Gasteiger partial charge in [-0.15, -0.1) is 0 Å². The van der Waals surface area contributed by atoms with Crippen LogP contribution in [0, 0.1) is 0 Å². The van der Waals surface area contributed by atoms with Crippen molar-refractivity contribution < 1.29 is 14.6 Å². The molecule has 2 aliphatic rings. The van der Waals surface area contributed by atoms with Crippen LogP contribution in [0.1, 0.15) is 37.1 Å². The summed E-state index contributed by atoms with van der Waals surface area (Å²) in [5, 5.41) is 14.7. The molecule has 0 radical (unpaired) electrons. The number of carbonyl (C=O) groups is 1. The van der Waals surface area contributed by atoms with Crippen molar-refractivity contribution in [3.63, 3.8) is 0 Å². The van der Waals surface area contributed by atoms with Crippen molar-refractivity contribution >= 4 is 16.8 Å². The van der Waals surface area contributed by atoms with Gasteiger partial charge in [0.15, 0.2) is 0 Å². The maximum Gasteiger partial charge on any atom is 0.219 e. The molecule has 1 amide bonds. The number of rotatable bonds is 2. The van der Waals surface area contributed by atoms with Crippen LogP contribution in [0.3, 0.4) is 0 Å². The van der Waals surface area contributed by atoms with Crippen molar-refractivity contribution in [2.75, 3.05) is 33.4 Å². The molecular weight excluding hydrogens is 330 g/mol. The van der Waals surface area contributed by atoms with Gasteiger partial charge in [0.05, 0.1) is 25.3 Å². The molecule has 6 heteroatoms. The van der Waals surface area contributed by atoms with Gasteiger partial charge in [-0.25, -0.2) is 0 Å². The van der Waals surface area contributed by atoms with Gasteiger partial charge >= 0.3 is 0 Å². The van der Waals surface area contributed by atoms with Gasteiger partial charge in [0.25, 0.3) is 0 Å². The van der Waals surface area contributed by atoms with Crippen LogP contribution >= 0.6 is 0 Å². The largest absolute Gasteiger partial charge is 0.497 e. The van der Waals surface area contributed by atoms with Gasteiger partial charge < -0.3 is 24.6 Å². The number of ether oxygens (including phenoxy) is 1. The van der Waals surface area contributed by atoms with Crippen molar-refractivity contribution in [2.45, 2.75) is 31.2 Å². The number of aromatic nitrogens is 1. The third kappa shape index (κ3) is 2.43. The van der Waals surface area contributed by atoms with Gasteiger partial charge in [-0.05, 0) is 30.5 Å². The molecule has 6 nitrogen and oxygen atoms in total. The highest BCUT2D eigenvalue weighted by molar-refractivity contribution is 5.88. The van der Waals surface area contributed by atoms with E-state index in [4.69, 9.17) is 4.74 Å². The molecule has 1 aromatic carbocycles. The summed E-state index contributed by atoms with van der Waals surface area (Å²) < 4.78 is 7.61. The van der Waals surface area contributed by atoms with E-state index in [0.717, 1.165) is 43.7 Å². The van der Waals surface area contributed by atoms with Crippen LogP contribution in [0.4, 0.5) is 0 Å². The number of carbonyl (C=O) groups excluding carboxylic acids is 1. The van der Waals surface area contributed by atoms with Crippen LogP contribution in [0.15, 0.2) is 18.2 Å². The maximum absolute atomic E-state index is 11.8. The maximum atomic E-state index is 11.8. The molecular formula is C20H27N3O3. The van der Waals surface area contributed by atoms with Gasteiger partial charge in [0.1, 0.15) is 5.75 Å². The second-order valence-corrected chi connectivity index (χ2v) is 7.60. The van der Waals surface area contributed by atoms with Gasteiger partial charge in [-0.1, -0.05) is 0 Å². The number of nitrogens with one attached hydrogen (secondary N) is 1. The third-order valence-electron chi connectivity index (χ3n) is 6.35. The average molecular weight is 357 g/mol. The summed E-state index contributed by atoms with van der Waals surface area (Å²) in [6.07, 6.45) is 1.88. The Morgan fingerprint density at radius 3 is 2.73 bits per heavy atom. The molecule has 1 saturated heterocycles. The molecule has 0 saturated carbocycles. The van der Waals surface area contributed by atoms with Gasteiger partial charge in [-0.2, -0.15) is 0 Å². The molecule has 26 heavy (non-hydrogen) atoms. The second-order valence-electron chi connectivity index (χ2n) is 7.60. The molecule has 1 fully saturated rings. The highest BCUT2D eigenvalue weighted by Gasteiger charge is 2.45. The Balaban J connectivity index is 1.87. The molecule has 0 unspecified atom stereocenters. The number of aliphatic hydroxyl groups is 1. The molecule has 1 atom stereocenters. The lowest BCUT2D eigenvalue weighted by molar-refractivity contribution is -0.130. The smallest absolute Gasteiger partial charge is 0.219 e. The van der Waals surface area contributed by atoms with E-state index >= 15 is 0 Å². The predicted molar refractivity (Wildman–Crippen MR) is 100 cm³/mol. The standard InChI is InChI=1S/C20H27N3O3/c1-13(25)23-8-6-20(7-9-23)12-21-16(11-24)19-18(20)15-5-4-14(26-3)10-17(15)22(19)2/h4-5,10,16,21,24H,6-9,11-12H2,1-3H3/t16-/m0/s1. The first-order chi connectivity index (χ1) is 12.5. The number of hydrogen-bond donors (Lipinski definition) is 2. The second kappa shape index (κ2) is 6.28. The number of piperidine rings is 1. The molecule has 3 heterocycles. The fourth-order valence-corrected chi connectivity index (χ4v) is 4.86. The van der Waals surface area contributed by atoms with Crippen molar-refractivity contribution in [1.82, 2.24) is 14.8 Å². The van der Waals surface area contributed by atoms with Gasteiger partial charge in [0.2, 0.25) is 5.91 Å². The Kier molecular flexibility index (Phi) is 4.20. The number of aliphatic hydroxyl groups excluding tert-OH is 1. The number of benzene rings is 1. The quantitative estimate of drug-likeness (QED) is 0.859. The number of methoxy groups -OCH3 is 1. The number of aryl methyl sites for hydroxylation is 1. The highest BCUT2D eigenvalue weighted by Crippen LogP contribution is 2.47. The Hall–Kier alpha value is -2.05. The SMILES string of the molecule is COc1ccc2c3c(n(C)c2c1)[C@H](CO)NCC31CCN(C(C)=O)CC1. The summed E-state index contributed by atoms with van der Waals surface area (Å²) in [7, 11) is 3.75. The normalized spacial score (nSPS) is 21.8. The van der Waals surface area contributed by atoms with Crippen molar-refractivity contribution in [1.29, 1.82) is 0 Å². The van der Waals surface area contributed by atoms with E-state index in [1.54, 1.807) is 14.0 Å². The fraction of sp³-hybridized carbons (Fsp3) is 0.550. The Morgan fingerprint density at radius 2 is 2.12 bits per heavy atom. The van der Waals surface area contributed by atoms with Crippen molar-refractivity contribution in [2.24, 2.45) is 7.05 Å². The van der Waals surface area contributed by atoms with Crippen LogP contribution in [-0.4, -0.2) is 53.8 Å². The first kappa shape index (κ1) is 17.4. The molecule has 0 bridgehead atoms. The van der Waals surface area contributed by atoms with E-state index in [1.807, 2.05) is 11.0 Å². The third-order valence-corrected chi connectivity index (χ3v) is 6.35. The van der Waals surface area contributed by atoms with Crippen LogP contribution in [0.2, 0.25) is 0 Å². The van der Waals surface area contributed by atoms with Gasteiger partial charge in [0, 0.05) is 56.2 Å². The molecule has 140 valence electrons. The van der Waals surface area contributed by atoms with Crippen LogP contribution in [-0.2, 0) is 17.3 Å². The monoisotopic (exact) mass is 357 g/mol. The minimum atomic E-state index is -0.0649. The number of fused-ring (bicyclic) bond motifs is 4. The lowest BCUT2D eigenvalue weighted by atomic mass is 9.69. The van der Waals surface area contributed by atoms with E-state index in [-0.39, 0.29) is 24.0 Å². The summed E-state index contributed by atoms with van der Waals surface area (Å²) in [5.74, 6) is 0.990. The minimum absolute atomic E-state index is 0.00104. The molecule has 1 aromatic heterocycles. The van der Waals surface area contributed by atoms with Crippen LogP contribution < -0.4 is 10.1 Å². The molecule has 4 rings (SSSR count). The molecule has 2 aliphatic heterocycles. The molecule has 0 aliphatic carbocycles. The zero-order chi connectivity index (χ0) is 18.5. The Labute approximate surface area is 153 Å². The number of amides is 1. The van der Waals surface area contributed by atoms with E-state index in [1.165, 1.54) is 16.6 Å². The summed E-state index contributed by atoms with van der Waals surface area (Å²) in [6, 6.07) is 6.16. The lowest BCUT2D eigenvalue weighted by Crippen LogP contribution is -2.53. The lowest BCUT2D eigenvalue weighted by Gasteiger charge is -2.46. The van der Waals surface area contributed by atoms with E-state index < -0.39 is 0 Å². The highest BCUT2D eigenvalue weighted by atomic mass is 16.5. The van der Waals surface area contributed by atoms with Crippen molar-refractivity contribution in [3.05, 3.63) is 29.5 Å². The zero-order valence-corrected chi connectivity index (χ0v) is 15.7. The van der Waals surface area contributed by atoms with Crippen LogP contribution in [0.25, 0.3) is 10.9 Å². The fourth-order valence-electron chi connectivity index (χ4n) is 4.86. The zero-order valence-electron chi connectivity index (χ0n) is 15.7. The van der Waals surface area contributed by atoms with Crippen molar-refractivity contribution in [3.8, 4) is 5.75 Å². The number of likely N-dealkylation sites (tertiary alicyclic amines) is 1. The predicted octanol–water partition coefficient (Wildman–Crippen LogP) is 1.70. The molecule has 1 spiro atoms. The summed E-state index contributed by atoms with van der Waals surface area (Å²) in [6.45, 7) is 4.13. The average Bonchev–Trinajstić information content (AvgIpc) is 2.96. The Morgan fingerprint density at radius 1 is 1.38 bits per heavy atom. The first-order valence-corrected chi connectivity index (χ1v) is 9.27. The van der Waals surface area contributed by atoms with Crippen LogP contribution in [0.5, 0.6) is 5.75 Å².